The van der Waals surface area contributed by atoms with Crippen LogP contribution in [0.15, 0.2) is 48.3 Å². The number of aliphatic hydroxyl groups excluding tert-OH is 1. The first-order valence-corrected chi connectivity index (χ1v) is 11.3. The van der Waals surface area contributed by atoms with E-state index < -0.39 is 17.7 Å². The lowest BCUT2D eigenvalue weighted by Crippen LogP contribution is -2.42. The van der Waals surface area contributed by atoms with E-state index in [2.05, 4.69) is 9.88 Å². The molecule has 2 saturated heterocycles. The number of ether oxygens (including phenoxy) is 2. The first kappa shape index (κ1) is 21.6. The van der Waals surface area contributed by atoms with Gasteiger partial charge in [0.25, 0.3) is 11.7 Å². The number of rotatable bonds is 5. The molecule has 1 amide bonds. The summed E-state index contributed by atoms with van der Waals surface area (Å²) in [7, 11) is 0. The Morgan fingerprint density at radius 3 is 2.64 bits per heavy atom. The fraction of sp³-hybridized carbons (Fsp3) is 0.400. The molecule has 0 radical (unpaired) electrons. The number of hydrogen-bond acceptors (Lipinski definition) is 7. The Labute approximate surface area is 192 Å². The number of pyridine rings is 1. The average Bonchev–Trinajstić information content (AvgIpc) is 3.34. The number of Topliss-reactive ketones (excluding diaryl/α,β-unsaturated/α-hetero) is 1. The Balaban J connectivity index is 1.51. The van der Waals surface area contributed by atoms with Crippen LogP contribution in [-0.2, 0) is 20.7 Å². The van der Waals surface area contributed by atoms with Crippen LogP contribution >= 0.6 is 0 Å². The van der Waals surface area contributed by atoms with Gasteiger partial charge in [0.05, 0.1) is 24.8 Å². The second-order valence-corrected chi connectivity index (χ2v) is 8.68. The number of fused-ring (bicyclic) bond motifs is 1. The molecule has 0 bridgehead atoms. The van der Waals surface area contributed by atoms with Crippen LogP contribution in [-0.4, -0.2) is 77.1 Å². The molecule has 1 aromatic heterocycles. The van der Waals surface area contributed by atoms with Crippen molar-refractivity contribution >= 4 is 17.4 Å². The Morgan fingerprint density at radius 1 is 1.12 bits per heavy atom. The SMILES string of the molecule is C[C@H]1Cc2cc(C(O)=C3C(=O)C(=O)N(CCN4CCOCC4)[C@@H]3c3ccncc3)ccc2O1. The lowest BCUT2D eigenvalue weighted by molar-refractivity contribution is -0.140. The van der Waals surface area contributed by atoms with Crippen LogP contribution in [0.1, 0.15) is 29.7 Å². The molecule has 3 aliphatic rings. The smallest absolute Gasteiger partial charge is 0.295 e. The molecule has 2 aromatic rings. The highest BCUT2D eigenvalue weighted by Crippen LogP contribution is 2.40. The number of aliphatic hydroxyl groups is 1. The highest BCUT2D eigenvalue weighted by molar-refractivity contribution is 6.46. The predicted molar refractivity (Wildman–Crippen MR) is 121 cm³/mol. The lowest BCUT2D eigenvalue weighted by Gasteiger charge is -2.31. The van der Waals surface area contributed by atoms with Crippen LogP contribution in [0.2, 0.25) is 0 Å². The fourth-order valence-electron chi connectivity index (χ4n) is 4.80. The Morgan fingerprint density at radius 2 is 1.88 bits per heavy atom. The Bertz CT molecular complexity index is 1090. The van der Waals surface area contributed by atoms with Gasteiger partial charge in [-0.2, -0.15) is 0 Å². The monoisotopic (exact) mass is 449 g/mol. The predicted octanol–water partition coefficient (Wildman–Crippen LogP) is 2.16. The summed E-state index contributed by atoms with van der Waals surface area (Å²) in [5.74, 6) is -0.631. The third-order valence-corrected chi connectivity index (χ3v) is 6.49. The van der Waals surface area contributed by atoms with E-state index in [1.54, 1.807) is 35.5 Å². The van der Waals surface area contributed by atoms with Crippen LogP contribution in [0.25, 0.3) is 5.76 Å². The van der Waals surface area contributed by atoms with Crippen LogP contribution in [0.4, 0.5) is 0 Å². The normalized spacial score (nSPS) is 24.7. The van der Waals surface area contributed by atoms with Gasteiger partial charge in [0.15, 0.2) is 0 Å². The maximum atomic E-state index is 13.2. The van der Waals surface area contributed by atoms with Gasteiger partial charge in [-0.05, 0) is 48.4 Å². The maximum Gasteiger partial charge on any atom is 0.295 e. The summed E-state index contributed by atoms with van der Waals surface area (Å²) in [4.78, 5) is 34.1. The summed E-state index contributed by atoms with van der Waals surface area (Å²) in [6.07, 6.45) is 4.06. The lowest BCUT2D eigenvalue weighted by atomic mass is 9.95. The molecule has 5 rings (SSSR count). The van der Waals surface area contributed by atoms with E-state index in [1.807, 2.05) is 19.1 Å². The largest absolute Gasteiger partial charge is 0.507 e. The second-order valence-electron chi connectivity index (χ2n) is 8.68. The third-order valence-electron chi connectivity index (χ3n) is 6.49. The number of morpholine rings is 1. The average molecular weight is 450 g/mol. The van der Waals surface area contributed by atoms with E-state index >= 15 is 0 Å². The minimum Gasteiger partial charge on any atom is -0.507 e. The number of carbonyl (C=O) groups is 2. The second kappa shape index (κ2) is 8.96. The highest BCUT2D eigenvalue weighted by atomic mass is 16.5. The number of aromatic nitrogens is 1. The molecule has 4 heterocycles. The Kier molecular flexibility index (Phi) is 5.86. The van der Waals surface area contributed by atoms with Crippen LogP contribution in [0, 0.1) is 0 Å². The summed E-state index contributed by atoms with van der Waals surface area (Å²) < 4.78 is 11.2. The van der Waals surface area contributed by atoms with E-state index in [-0.39, 0.29) is 17.4 Å². The molecule has 2 atom stereocenters. The molecular formula is C25H27N3O5. The molecule has 8 heteroatoms. The van der Waals surface area contributed by atoms with Crippen molar-refractivity contribution in [3.63, 3.8) is 0 Å². The van der Waals surface area contributed by atoms with Gasteiger partial charge in [0.2, 0.25) is 0 Å². The molecule has 1 N–H and O–H groups in total. The van der Waals surface area contributed by atoms with E-state index in [9.17, 15) is 14.7 Å². The van der Waals surface area contributed by atoms with Gasteiger partial charge in [-0.25, -0.2) is 0 Å². The molecule has 0 unspecified atom stereocenters. The van der Waals surface area contributed by atoms with Crippen molar-refractivity contribution in [1.82, 2.24) is 14.8 Å². The first-order valence-electron chi connectivity index (χ1n) is 11.3. The zero-order chi connectivity index (χ0) is 22.9. The number of hydrogen-bond donors (Lipinski definition) is 1. The summed E-state index contributed by atoms with van der Waals surface area (Å²) in [6, 6.07) is 8.28. The highest BCUT2D eigenvalue weighted by Gasteiger charge is 2.46. The number of carbonyl (C=O) groups excluding carboxylic acids is 2. The number of ketones is 1. The van der Waals surface area contributed by atoms with Gasteiger partial charge >= 0.3 is 0 Å². The van der Waals surface area contributed by atoms with Gasteiger partial charge < -0.3 is 19.5 Å². The van der Waals surface area contributed by atoms with Crippen molar-refractivity contribution in [3.8, 4) is 5.75 Å². The minimum absolute atomic E-state index is 0.0694. The number of likely N-dealkylation sites (tertiary alicyclic amines) is 1. The summed E-state index contributed by atoms with van der Waals surface area (Å²) >= 11 is 0. The molecule has 0 aliphatic carbocycles. The molecule has 172 valence electrons. The zero-order valence-corrected chi connectivity index (χ0v) is 18.6. The van der Waals surface area contributed by atoms with Crippen molar-refractivity contribution in [2.45, 2.75) is 25.5 Å². The minimum atomic E-state index is -0.669. The standard InChI is InChI=1S/C25H27N3O5/c1-16-14-19-15-18(2-3-20(19)33-16)23(29)21-22(17-4-6-26-7-5-17)28(25(31)24(21)30)9-8-27-10-12-32-13-11-27/h2-7,15-16,22,29H,8-14H2,1H3/t16-,22+/m0/s1. The number of benzene rings is 1. The van der Waals surface area contributed by atoms with E-state index in [4.69, 9.17) is 9.47 Å². The van der Waals surface area contributed by atoms with Crippen LogP contribution in [0.3, 0.4) is 0 Å². The van der Waals surface area contributed by atoms with E-state index in [1.165, 1.54) is 0 Å². The van der Waals surface area contributed by atoms with Crippen molar-refractivity contribution in [3.05, 3.63) is 65.0 Å². The molecule has 0 spiro atoms. The van der Waals surface area contributed by atoms with Crippen molar-refractivity contribution in [2.24, 2.45) is 0 Å². The van der Waals surface area contributed by atoms with Gasteiger partial charge in [0, 0.05) is 50.6 Å². The van der Waals surface area contributed by atoms with Crippen molar-refractivity contribution < 1.29 is 24.2 Å². The number of amides is 1. The molecule has 8 nitrogen and oxygen atoms in total. The van der Waals surface area contributed by atoms with Gasteiger partial charge in [-0.1, -0.05) is 0 Å². The molecule has 2 fully saturated rings. The summed E-state index contributed by atoms with van der Waals surface area (Å²) in [6.45, 7) is 5.90. The van der Waals surface area contributed by atoms with E-state index in [0.29, 0.717) is 31.9 Å². The molecule has 33 heavy (non-hydrogen) atoms. The van der Waals surface area contributed by atoms with Crippen molar-refractivity contribution in [2.75, 3.05) is 39.4 Å². The van der Waals surface area contributed by atoms with Gasteiger partial charge in [-0.15, -0.1) is 0 Å². The Hall–Kier alpha value is -3.23. The molecule has 1 aromatic carbocycles. The molecule has 0 saturated carbocycles. The summed E-state index contributed by atoms with van der Waals surface area (Å²) in [5.41, 5.74) is 2.34. The van der Waals surface area contributed by atoms with Crippen LogP contribution in [0.5, 0.6) is 5.75 Å². The molecule has 3 aliphatic heterocycles. The summed E-state index contributed by atoms with van der Waals surface area (Å²) in [5, 5.41) is 11.3. The topological polar surface area (TPSA) is 92.2 Å². The maximum absolute atomic E-state index is 13.2. The van der Waals surface area contributed by atoms with Gasteiger partial charge in [-0.3, -0.25) is 19.5 Å². The van der Waals surface area contributed by atoms with Crippen molar-refractivity contribution in [1.29, 1.82) is 0 Å². The third kappa shape index (κ3) is 4.12. The van der Waals surface area contributed by atoms with Crippen LogP contribution < -0.4 is 4.74 Å². The first-order chi connectivity index (χ1) is 16.0. The van der Waals surface area contributed by atoms with E-state index in [0.717, 1.165) is 36.4 Å². The quantitative estimate of drug-likeness (QED) is 0.425. The fourth-order valence-corrected chi connectivity index (χ4v) is 4.80. The number of nitrogens with zero attached hydrogens (tertiary/aromatic N) is 3. The van der Waals surface area contributed by atoms with Gasteiger partial charge in [0.1, 0.15) is 17.6 Å². The molecular weight excluding hydrogens is 422 g/mol. The zero-order valence-electron chi connectivity index (χ0n) is 18.6.